The molecule has 0 radical (unpaired) electrons. The monoisotopic (exact) mass is 552 g/mol. The van der Waals surface area contributed by atoms with Crippen LogP contribution in [-0.2, 0) is 25.5 Å². The first-order chi connectivity index (χ1) is 19.5. The van der Waals surface area contributed by atoms with Crippen LogP contribution < -0.4 is 10.6 Å². The Bertz CT molecular complexity index is 982. The van der Waals surface area contributed by atoms with Crippen LogP contribution in [0.3, 0.4) is 0 Å². The van der Waals surface area contributed by atoms with Crippen molar-refractivity contribution in [2.75, 3.05) is 13.2 Å². The number of amides is 2. The SMILES string of the molecule is O=C(CC1CC=CCCC(Cc2ccccc2)C(=O)OCC(CC2CCCCC2)NC1=O)NC1(CO)CCCC1. The standard InChI is InChI=1S/C33H48N2O5/c36-24-33(18-10-11-19-33)35-30(37)22-27-16-8-3-9-17-28(20-25-12-4-1-5-13-25)32(39)40-23-29(34-31(27)38)21-26-14-6-2-7-15-26/h1,3-5,8,12-13,26-29,36H,2,6-7,9-11,14-24H2,(H,34,38)(H,35,37). The highest BCUT2D eigenvalue weighted by Crippen LogP contribution is 2.30. The zero-order valence-electron chi connectivity index (χ0n) is 24.0. The summed E-state index contributed by atoms with van der Waals surface area (Å²) in [6, 6.07) is 9.76. The van der Waals surface area contributed by atoms with Crippen LogP contribution in [-0.4, -0.2) is 47.7 Å². The first kappa shape index (κ1) is 30.3. The number of allylic oxidation sites excluding steroid dienone is 2. The Morgan fingerprint density at radius 3 is 2.45 bits per heavy atom. The Morgan fingerprint density at radius 1 is 0.975 bits per heavy atom. The van der Waals surface area contributed by atoms with Crippen molar-refractivity contribution in [2.24, 2.45) is 17.8 Å². The minimum atomic E-state index is -0.557. The average molecular weight is 553 g/mol. The normalized spacial score (nSPS) is 26.6. The number of rotatable bonds is 8. The number of carbonyl (C=O) groups is 3. The maximum Gasteiger partial charge on any atom is 0.309 e. The smallest absolute Gasteiger partial charge is 0.309 e. The van der Waals surface area contributed by atoms with Crippen molar-refractivity contribution in [1.82, 2.24) is 10.6 Å². The fourth-order valence-corrected chi connectivity index (χ4v) is 6.72. The highest BCUT2D eigenvalue weighted by Gasteiger charge is 2.36. The van der Waals surface area contributed by atoms with Gasteiger partial charge in [-0.3, -0.25) is 14.4 Å². The number of nitrogens with one attached hydrogen (secondary N) is 2. The number of hydrogen-bond acceptors (Lipinski definition) is 5. The maximum atomic E-state index is 13.6. The minimum Gasteiger partial charge on any atom is -0.463 e. The van der Waals surface area contributed by atoms with Gasteiger partial charge in [0.1, 0.15) is 6.61 Å². The van der Waals surface area contributed by atoms with E-state index in [2.05, 4.69) is 10.6 Å². The maximum absolute atomic E-state index is 13.6. The molecular weight excluding hydrogens is 504 g/mol. The summed E-state index contributed by atoms with van der Waals surface area (Å²) < 4.78 is 5.89. The first-order valence-electron chi connectivity index (χ1n) is 15.5. The molecule has 2 amide bonds. The van der Waals surface area contributed by atoms with Crippen molar-refractivity contribution < 1.29 is 24.2 Å². The molecule has 2 fully saturated rings. The Kier molecular flexibility index (Phi) is 11.6. The van der Waals surface area contributed by atoms with Crippen LogP contribution in [0.5, 0.6) is 0 Å². The summed E-state index contributed by atoms with van der Waals surface area (Å²) in [6.07, 6.45) is 16.7. The number of aliphatic hydroxyl groups excluding tert-OH is 1. The molecule has 0 saturated heterocycles. The highest BCUT2D eigenvalue weighted by atomic mass is 16.5. The van der Waals surface area contributed by atoms with Crippen LogP contribution in [0.1, 0.15) is 95.5 Å². The summed E-state index contributed by atoms with van der Waals surface area (Å²) >= 11 is 0. The van der Waals surface area contributed by atoms with Gasteiger partial charge in [0, 0.05) is 6.42 Å². The predicted molar refractivity (Wildman–Crippen MR) is 155 cm³/mol. The average Bonchev–Trinajstić information content (AvgIpc) is 3.43. The Morgan fingerprint density at radius 2 is 1.73 bits per heavy atom. The number of hydrogen-bond donors (Lipinski definition) is 3. The molecule has 4 rings (SSSR count). The number of esters is 1. The van der Waals surface area contributed by atoms with E-state index in [1.165, 1.54) is 19.3 Å². The zero-order valence-corrected chi connectivity index (χ0v) is 24.0. The fraction of sp³-hybridized carbons (Fsp3) is 0.667. The van der Waals surface area contributed by atoms with Gasteiger partial charge in [0.2, 0.25) is 11.8 Å². The molecule has 2 saturated carbocycles. The second-order valence-electron chi connectivity index (χ2n) is 12.3. The third-order valence-electron chi connectivity index (χ3n) is 9.11. The van der Waals surface area contributed by atoms with Gasteiger partial charge in [-0.05, 0) is 56.4 Å². The van der Waals surface area contributed by atoms with Crippen LogP contribution in [0.4, 0.5) is 0 Å². The third kappa shape index (κ3) is 9.18. The van der Waals surface area contributed by atoms with Gasteiger partial charge >= 0.3 is 5.97 Å². The molecule has 3 atom stereocenters. The number of carbonyl (C=O) groups excluding carboxylic acids is 3. The van der Waals surface area contributed by atoms with Gasteiger partial charge in [-0.1, -0.05) is 87.4 Å². The van der Waals surface area contributed by atoms with E-state index in [1.54, 1.807) is 0 Å². The molecule has 1 aromatic carbocycles. The summed E-state index contributed by atoms with van der Waals surface area (Å²) in [6.45, 7) is 0.0841. The molecule has 0 spiro atoms. The van der Waals surface area contributed by atoms with Gasteiger partial charge in [-0.25, -0.2) is 0 Å². The van der Waals surface area contributed by atoms with Crippen molar-refractivity contribution in [3.63, 3.8) is 0 Å². The Hall–Kier alpha value is -2.67. The molecule has 7 heteroatoms. The number of cyclic esters (lactones) is 1. The number of benzene rings is 1. The fourth-order valence-electron chi connectivity index (χ4n) is 6.72. The van der Waals surface area contributed by atoms with Gasteiger partial charge in [0.25, 0.3) is 0 Å². The lowest BCUT2D eigenvalue weighted by atomic mass is 9.84. The van der Waals surface area contributed by atoms with E-state index in [0.29, 0.717) is 31.6 Å². The largest absolute Gasteiger partial charge is 0.463 e. The van der Waals surface area contributed by atoms with Gasteiger partial charge in [0.05, 0.1) is 30.0 Å². The Labute approximate surface area is 239 Å². The zero-order chi connectivity index (χ0) is 28.2. The van der Waals surface area contributed by atoms with E-state index in [-0.39, 0.29) is 49.4 Å². The molecule has 0 bridgehead atoms. The summed E-state index contributed by atoms with van der Waals surface area (Å²) in [4.78, 5) is 39.9. The van der Waals surface area contributed by atoms with E-state index in [9.17, 15) is 19.5 Å². The van der Waals surface area contributed by atoms with Gasteiger partial charge in [-0.15, -0.1) is 0 Å². The van der Waals surface area contributed by atoms with Crippen molar-refractivity contribution in [2.45, 2.75) is 108 Å². The van der Waals surface area contributed by atoms with Crippen molar-refractivity contribution in [3.05, 3.63) is 48.0 Å². The lowest BCUT2D eigenvalue weighted by molar-refractivity contribution is -0.150. The topological polar surface area (TPSA) is 105 Å². The molecular formula is C33H48N2O5. The Balaban J connectivity index is 1.47. The molecule has 7 nitrogen and oxygen atoms in total. The van der Waals surface area contributed by atoms with Crippen LogP contribution in [0.25, 0.3) is 0 Å². The predicted octanol–water partition coefficient (Wildman–Crippen LogP) is 5.01. The molecule has 1 heterocycles. The number of ether oxygens (including phenoxy) is 1. The molecule has 1 aliphatic heterocycles. The first-order valence-corrected chi connectivity index (χ1v) is 15.5. The molecule has 2 aliphatic carbocycles. The van der Waals surface area contributed by atoms with Gasteiger partial charge in [-0.2, -0.15) is 0 Å². The third-order valence-corrected chi connectivity index (χ3v) is 9.11. The number of aliphatic hydroxyl groups is 1. The quantitative estimate of drug-likeness (QED) is 0.311. The van der Waals surface area contributed by atoms with E-state index in [1.807, 2.05) is 42.5 Å². The van der Waals surface area contributed by atoms with Crippen molar-refractivity contribution >= 4 is 17.8 Å². The van der Waals surface area contributed by atoms with Crippen LogP contribution in [0.15, 0.2) is 42.5 Å². The van der Waals surface area contributed by atoms with E-state index in [4.69, 9.17) is 4.74 Å². The summed E-state index contributed by atoms with van der Waals surface area (Å²) in [5.41, 5.74) is 0.553. The van der Waals surface area contributed by atoms with Crippen LogP contribution in [0, 0.1) is 17.8 Å². The molecule has 3 unspecified atom stereocenters. The molecule has 220 valence electrons. The van der Waals surface area contributed by atoms with Crippen LogP contribution in [0.2, 0.25) is 0 Å². The molecule has 40 heavy (non-hydrogen) atoms. The minimum absolute atomic E-state index is 0.0739. The van der Waals surface area contributed by atoms with E-state index in [0.717, 1.165) is 50.5 Å². The molecule has 3 aliphatic rings. The van der Waals surface area contributed by atoms with Crippen molar-refractivity contribution in [3.8, 4) is 0 Å². The van der Waals surface area contributed by atoms with E-state index < -0.39 is 11.5 Å². The summed E-state index contributed by atoms with van der Waals surface area (Å²) in [7, 11) is 0. The van der Waals surface area contributed by atoms with Gasteiger partial charge < -0.3 is 20.5 Å². The lowest BCUT2D eigenvalue weighted by Gasteiger charge is -2.30. The van der Waals surface area contributed by atoms with E-state index >= 15 is 0 Å². The highest BCUT2D eigenvalue weighted by molar-refractivity contribution is 5.86. The summed E-state index contributed by atoms with van der Waals surface area (Å²) in [5, 5.41) is 16.2. The van der Waals surface area contributed by atoms with Gasteiger partial charge in [0.15, 0.2) is 0 Å². The van der Waals surface area contributed by atoms with Crippen LogP contribution >= 0.6 is 0 Å². The molecule has 0 aromatic heterocycles. The molecule has 1 aromatic rings. The molecule has 3 N–H and O–H groups in total. The summed E-state index contributed by atoms with van der Waals surface area (Å²) in [5.74, 6) is -0.823. The second kappa shape index (κ2) is 15.4. The lowest BCUT2D eigenvalue weighted by Crippen LogP contribution is -2.50. The van der Waals surface area contributed by atoms with Crippen molar-refractivity contribution in [1.29, 1.82) is 0 Å². The second-order valence-corrected chi connectivity index (χ2v) is 12.3.